The first kappa shape index (κ1) is 19.4. The van der Waals surface area contributed by atoms with Gasteiger partial charge in [-0.2, -0.15) is 0 Å². The minimum absolute atomic E-state index is 0.257. The summed E-state index contributed by atoms with van der Waals surface area (Å²) in [6, 6.07) is 6.17. The summed E-state index contributed by atoms with van der Waals surface area (Å²) in [7, 11) is 0. The van der Waals surface area contributed by atoms with E-state index < -0.39 is 0 Å². The summed E-state index contributed by atoms with van der Waals surface area (Å²) in [5.74, 6) is 2.62. The van der Waals surface area contributed by atoms with Gasteiger partial charge in [-0.15, -0.1) is 11.3 Å². The largest absolute Gasteiger partial charge is 0.342 e. The van der Waals surface area contributed by atoms with Gasteiger partial charge < -0.3 is 10.2 Å². The molecule has 2 aromatic heterocycles. The number of nitrogens with one attached hydrogen (secondary N) is 1. The van der Waals surface area contributed by atoms with E-state index in [9.17, 15) is 4.79 Å². The van der Waals surface area contributed by atoms with Crippen molar-refractivity contribution in [3.8, 4) is 0 Å². The molecule has 2 aromatic rings. The number of hydrogen-bond acceptors (Lipinski definition) is 5. The van der Waals surface area contributed by atoms with Gasteiger partial charge in [0.05, 0.1) is 0 Å². The fourth-order valence-electron chi connectivity index (χ4n) is 4.58. The molecule has 3 heterocycles. The maximum atomic E-state index is 12.9. The molecule has 1 amide bonds. The number of aryl methyl sites for hydroxylation is 1. The molecular formula is C22H30N4OS. The Bertz CT molecular complexity index is 812. The Kier molecular flexibility index (Phi) is 5.95. The lowest BCUT2D eigenvalue weighted by atomic mass is 9.81. The molecule has 1 aliphatic heterocycles. The number of thiazole rings is 1. The Labute approximate surface area is 171 Å². The normalized spacial score (nSPS) is 23.6. The molecule has 2 fully saturated rings. The van der Waals surface area contributed by atoms with Gasteiger partial charge >= 0.3 is 0 Å². The van der Waals surface area contributed by atoms with E-state index in [4.69, 9.17) is 4.98 Å². The van der Waals surface area contributed by atoms with Gasteiger partial charge in [0.1, 0.15) is 5.82 Å². The highest BCUT2D eigenvalue weighted by Gasteiger charge is 2.31. The van der Waals surface area contributed by atoms with Crippen molar-refractivity contribution >= 4 is 28.2 Å². The zero-order valence-corrected chi connectivity index (χ0v) is 17.7. The molecule has 150 valence electrons. The monoisotopic (exact) mass is 398 g/mol. The summed E-state index contributed by atoms with van der Waals surface area (Å²) in [4.78, 5) is 25.4. The Morgan fingerprint density at radius 3 is 2.75 bits per heavy atom. The second-order valence-corrected chi connectivity index (χ2v) is 9.65. The summed E-state index contributed by atoms with van der Waals surface area (Å²) in [5.41, 5.74) is 1.12. The molecule has 0 aromatic carbocycles. The first-order chi connectivity index (χ1) is 13.6. The van der Waals surface area contributed by atoms with E-state index in [-0.39, 0.29) is 5.92 Å². The van der Waals surface area contributed by atoms with Gasteiger partial charge in [0.25, 0.3) is 0 Å². The highest BCUT2D eigenvalue weighted by atomic mass is 32.1. The number of piperidine rings is 1. The summed E-state index contributed by atoms with van der Waals surface area (Å²) < 4.78 is 0. The molecule has 0 unspecified atom stereocenters. The predicted octanol–water partition coefficient (Wildman–Crippen LogP) is 5.12. The molecule has 0 bridgehead atoms. The number of anilines is 2. The van der Waals surface area contributed by atoms with E-state index in [0.29, 0.717) is 17.7 Å². The minimum Gasteiger partial charge on any atom is -0.342 e. The predicted molar refractivity (Wildman–Crippen MR) is 114 cm³/mol. The Hall–Kier alpha value is -1.95. The van der Waals surface area contributed by atoms with Crippen LogP contribution in [0.2, 0.25) is 0 Å². The molecule has 2 atom stereocenters. The van der Waals surface area contributed by atoms with Gasteiger partial charge in [-0.05, 0) is 50.7 Å². The second-order valence-electron chi connectivity index (χ2n) is 8.42. The smallest absolute Gasteiger partial charge is 0.225 e. The van der Waals surface area contributed by atoms with Crippen LogP contribution in [0.15, 0.2) is 24.4 Å². The molecule has 28 heavy (non-hydrogen) atoms. The summed E-state index contributed by atoms with van der Waals surface area (Å²) >= 11 is 1.63. The highest BCUT2D eigenvalue weighted by molar-refractivity contribution is 7.15. The Morgan fingerprint density at radius 1 is 1.21 bits per heavy atom. The third-order valence-corrected chi connectivity index (χ3v) is 6.97. The number of aromatic nitrogens is 2. The third-order valence-electron chi connectivity index (χ3n) is 6.14. The van der Waals surface area contributed by atoms with E-state index in [1.165, 1.54) is 17.7 Å². The van der Waals surface area contributed by atoms with Crippen molar-refractivity contribution in [2.24, 2.45) is 11.8 Å². The number of rotatable bonds is 4. The van der Waals surface area contributed by atoms with Crippen LogP contribution in [-0.2, 0) is 4.79 Å². The van der Waals surface area contributed by atoms with Gasteiger partial charge in [0.15, 0.2) is 5.13 Å². The molecule has 1 saturated carbocycles. The van der Waals surface area contributed by atoms with Crippen LogP contribution in [0.1, 0.15) is 61.9 Å². The highest BCUT2D eigenvalue weighted by Crippen LogP contribution is 2.33. The number of pyridine rings is 1. The van der Waals surface area contributed by atoms with E-state index in [0.717, 1.165) is 55.4 Å². The van der Waals surface area contributed by atoms with Crippen molar-refractivity contribution in [1.29, 1.82) is 0 Å². The molecule has 0 radical (unpaired) electrons. The molecule has 1 aliphatic carbocycles. The number of carbonyl (C=O) groups excluding carboxylic acids is 1. The lowest BCUT2D eigenvalue weighted by Gasteiger charge is -2.36. The number of carbonyl (C=O) groups is 1. The summed E-state index contributed by atoms with van der Waals surface area (Å²) in [6.45, 7) is 6.06. The standard InChI is InChI=1S/C22H30N4OS/c1-15-5-3-6-18(13-15)21(27)26-11-9-17(10-12-26)19-7-4-8-20(24-19)25-22-23-14-16(2)28-22/h4,7-8,14-15,17-18H,3,5-6,9-13H2,1-2H3,(H,23,24,25)/t15-,18+/m1/s1. The van der Waals surface area contributed by atoms with Crippen LogP contribution in [0.3, 0.4) is 0 Å². The Morgan fingerprint density at radius 2 is 2.04 bits per heavy atom. The van der Waals surface area contributed by atoms with E-state index in [1.54, 1.807) is 11.3 Å². The fourth-order valence-corrected chi connectivity index (χ4v) is 5.25. The second kappa shape index (κ2) is 8.60. The quantitative estimate of drug-likeness (QED) is 0.776. The fraction of sp³-hybridized carbons (Fsp3) is 0.591. The number of likely N-dealkylation sites (tertiary alicyclic amines) is 1. The lowest BCUT2D eigenvalue weighted by molar-refractivity contribution is -0.138. The zero-order valence-electron chi connectivity index (χ0n) is 16.9. The van der Waals surface area contributed by atoms with E-state index in [2.05, 4.69) is 41.2 Å². The van der Waals surface area contributed by atoms with Gasteiger partial charge in [-0.1, -0.05) is 25.8 Å². The molecule has 1 N–H and O–H groups in total. The van der Waals surface area contributed by atoms with Gasteiger partial charge in [-0.3, -0.25) is 4.79 Å². The maximum absolute atomic E-state index is 12.9. The van der Waals surface area contributed by atoms with Crippen LogP contribution < -0.4 is 5.32 Å². The lowest BCUT2D eigenvalue weighted by Crippen LogP contribution is -2.42. The molecular weight excluding hydrogens is 368 g/mol. The first-order valence-corrected chi connectivity index (χ1v) is 11.4. The molecule has 1 saturated heterocycles. The zero-order chi connectivity index (χ0) is 19.5. The molecule has 6 heteroatoms. The average Bonchev–Trinajstić information content (AvgIpc) is 3.12. The van der Waals surface area contributed by atoms with Crippen molar-refractivity contribution in [3.63, 3.8) is 0 Å². The van der Waals surface area contributed by atoms with Gasteiger partial charge in [0.2, 0.25) is 5.91 Å². The molecule has 0 spiro atoms. The van der Waals surface area contributed by atoms with Crippen molar-refractivity contribution in [1.82, 2.24) is 14.9 Å². The van der Waals surface area contributed by atoms with Gasteiger partial charge in [-0.25, -0.2) is 9.97 Å². The van der Waals surface area contributed by atoms with Crippen LogP contribution in [0.4, 0.5) is 10.9 Å². The Balaban J connectivity index is 1.34. The average molecular weight is 399 g/mol. The van der Waals surface area contributed by atoms with Crippen molar-refractivity contribution < 1.29 is 4.79 Å². The van der Waals surface area contributed by atoms with Crippen LogP contribution in [0.5, 0.6) is 0 Å². The minimum atomic E-state index is 0.257. The summed E-state index contributed by atoms with van der Waals surface area (Å²) in [6.07, 6.45) is 8.51. The van der Waals surface area contributed by atoms with Crippen LogP contribution >= 0.6 is 11.3 Å². The SMILES string of the molecule is Cc1cnc(Nc2cccc(C3CCN(C(=O)[C@H]4CCC[C@@H](C)C4)CC3)n2)s1. The summed E-state index contributed by atoms with van der Waals surface area (Å²) in [5, 5.41) is 4.19. The molecule has 2 aliphatic rings. The first-order valence-electron chi connectivity index (χ1n) is 10.5. The molecule has 5 nitrogen and oxygen atoms in total. The topological polar surface area (TPSA) is 58.1 Å². The van der Waals surface area contributed by atoms with Crippen LogP contribution in [0, 0.1) is 18.8 Å². The molecule has 4 rings (SSSR count). The van der Waals surface area contributed by atoms with Crippen LogP contribution in [0.25, 0.3) is 0 Å². The van der Waals surface area contributed by atoms with E-state index in [1.807, 2.05) is 12.3 Å². The van der Waals surface area contributed by atoms with Crippen LogP contribution in [-0.4, -0.2) is 33.9 Å². The van der Waals surface area contributed by atoms with Crippen molar-refractivity contribution in [2.75, 3.05) is 18.4 Å². The number of nitrogens with zero attached hydrogens (tertiary/aromatic N) is 3. The van der Waals surface area contributed by atoms with Crippen molar-refractivity contribution in [2.45, 2.75) is 58.3 Å². The maximum Gasteiger partial charge on any atom is 0.225 e. The number of amides is 1. The van der Waals surface area contributed by atoms with E-state index >= 15 is 0 Å². The third kappa shape index (κ3) is 4.54. The van der Waals surface area contributed by atoms with Crippen molar-refractivity contribution in [3.05, 3.63) is 35.0 Å². The van der Waals surface area contributed by atoms with Gasteiger partial charge in [0, 0.05) is 41.7 Å². The number of hydrogen-bond donors (Lipinski definition) is 1.